The van der Waals surface area contributed by atoms with Gasteiger partial charge in [0.1, 0.15) is 0 Å². The van der Waals surface area contributed by atoms with Crippen LogP contribution in [-0.2, 0) is 5.92 Å². The van der Waals surface area contributed by atoms with Crippen LogP contribution in [0.5, 0.6) is 0 Å². The number of alkyl halides is 2. The molecule has 1 aromatic carbocycles. The fraction of sp³-hybridized carbons (Fsp3) is 0.500. The number of nitrogens with one attached hydrogen (secondary N) is 1. The first-order chi connectivity index (χ1) is 8.08. The van der Waals surface area contributed by atoms with Crippen LogP contribution in [0.15, 0.2) is 24.3 Å². The van der Waals surface area contributed by atoms with Crippen LogP contribution in [0.25, 0.3) is 0 Å². The van der Waals surface area contributed by atoms with Crippen molar-refractivity contribution in [2.75, 3.05) is 32.7 Å². The number of hydrogen-bond acceptors (Lipinski definition) is 2. The number of rotatable bonds is 3. The van der Waals surface area contributed by atoms with Crippen LogP contribution < -0.4 is 5.32 Å². The van der Waals surface area contributed by atoms with Crippen molar-refractivity contribution < 1.29 is 8.78 Å². The highest BCUT2D eigenvalue weighted by Gasteiger charge is 2.34. The Bertz CT molecular complexity index is 361. The molecule has 1 N–H and O–H groups in total. The summed E-state index contributed by atoms with van der Waals surface area (Å²) in [5.41, 5.74) is 0.0282. The lowest BCUT2D eigenvalue weighted by Crippen LogP contribution is -2.47. The summed E-state index contributed by atoms with van der Waals surface area (Å²) in [6.07, 6.45) is 0. The Morgan fingerprint density at radius 1 is 1.18 bits per heavy atom. The number of nitrogens with zero attached hydrogens (tertiary/aromatic N) is 1. The molecule has 0 spiro atoms. The zero-order chi connectivity index (χ0) is 12.3. The Balaban J connectivity index is 2.04. The Hall–Kier alpha value is -0.710. The molecule has 2 rings (SSSR count). The van der Waals surface area contributed by atoms with Crippen LogP contribution >= 0.6 is 11.6 Å². The van der Waals surface area contributed by atoms with Gasteiger partial charge in [0.25, 0.3) is 5.92 Å². The highest BCUT2D eigenvalue weighted by atomic mass is 35.5. The molecular formula is C12H15ClF2N2. The van der Waals surface area contributed by atoms with Gasteiger partial charge in [0.15, 0.2) is 0 Å². The first-order valence-electron chi connectivity index (χ1n) is 5.65. The minimum atomic E-state index is -2.82. The molecule has 1 aromatic rings. The van der Waals surface area contributed by atoms with E-state index in [1.54, 1.807) is 4.90 Å². The molecule has 0 unspecified atom stereocenters. The monoisotopic (exact) mass is 260 g/mol. The molecule has 1 heterocycles. The average Bonchev–Trinajstić information content (AvgIpc) is 2.30. The minimum Gasteiger partial charge on any atom is -0.314 e. The summed E-state index contributed by atoms with van der Waals surface area (Å²) in [7, 11) is 0. The van der Waals surface area contributed by atoms with E-state index >= 15 is 0 Å². The molecule has 5 heteroatoms. The topological polar surface area (TPSA) is 15.3 Å². The van der Waals surface area contributed by atoms with Crippen LogP contribution in [0.1, 0.15) is 5.56 Å². The van der Waals surface area contributed by atoms with Crippen LogP contribution in [0.2, 0.25) is 5.02 Å². The number of halogens is 3. The van der Waals surface area contributed by atoms with Gasteiger partial charge in [0, 0.05) is 36.8 Å². The number of hydrogen-bond donors (Lipinski definition) is 1. The SMILES string of the molecule is FC(F)(CN1CCNCC1)c1ccc(Cl)cc1. The van der Waals surface area contributed by atoms with E-state index < -0.39 is 5.92 Å². The smallest absolute Gasteiger partial charge is 0.285 e. The van der Waals surface area contributed by atoms with E-state index in [2.05, 4.69) is 5.32 Å². The molecule has 17 heavy (non-hydrogen) atoms. The zero-order valence-electron chi connectivity index (χ0n) is 9.43. The third-order valence-electron chi connectivity index (χ3n) is 2.90. The highest BCUT2D eigenvalue weighted by molar-refractivity contribution is 6.30. The predicted octanol–water partition coefficient (Wildman–Crippen LogP) is 2.34. The van der Waals surface area contributed by atoms with Gasteiger partial charge in [-0.3, -0.25) is 4.90 Å². The summed E-state index contributed by atoms with van der Waals surface area (Å²) in [6, 6.07) is 5.79. The molecule has 0 aromatic heterocycles. The Morgan fingerprint density at radius 2 is 1.76 bits per heavy atom. The summed E-state index contributed by atoms with van der Waals surface area (Å²) in [4.78, 5) is 1.78. The third kappa shape index (κ3) is 3.37. The molecule has 0 aliphatic carbocycles. The summed E-state index contributed by atoms with van der Waals surface area (Å²) >= 11 is 5.69. The Morgan fingerprint density at radius 3 is 2.35 bits per heavy atom. The third-order valence-corrected chi connectivity index (χ3v) is 3.15. The van der Waals surface area contributed by atoms with E-state index in [1.165, 1.54) is 24.3 Å². The van der Waals surface area contributed by atoms with Crippen LogP contribution in [0.4, 0.5) is 8.78 Å². The lowest BCUT2D eigenvalue weighted by atomic mass is 10.1. The summed E-state index contributed by atoms with van der Waals surface area (Å²) < 4.78 is 27.9. The molecule has 1 aliphatic heterocycles. The van der Waals surface area contributed by atoms with Gasteiger partial charge in [-0.1, -0.05) is 23.7 Å². The minimum absolute atomic E-state index is 0.0282. The second kappa shape index (κ2) is 5.29. The van der Waals surface area contributed by atoms with Crippen molar-refractivity contribution in [1.82, 2.24) is 10.2 Å². The van der Waals surface area contributed by atoms with Gasteiger partial charge in [-0.05, 0) is 12.1 Å². The van der Waals surface area contributed by atoms with E-state index in [0.29, 0.717) is 18.1 Å². The molecule has 0 radical (unpaired) electrons. The number of benzene rings is 1. The van der Waals surface area contributed by atoms with Crippen molar-refractivity contribution in [2.45, 2.75) is 5.92 Å². The van der Waals surface area contributed by atoms with Gasteiger partial charge < -0.3 is 5.32 Å². The molecule has 0 atom stereocenters. The maximum absolute atomic E-state index is 14.0. The largest absolute Gasteiger partial charge is 0.314 e. The Kier molecular flexibility index (Phi) is 3.97. The second-order valence-electron chi connectivity index (χ2n) is 4.24. The molecule has 0 bridgehead atoms. The fourth-order valence-electron chi connectivity index (χ4n) is 1.94. The van der Waals surface area contributed by atoms with Gasteiger partial charge in [0.2, 0.25) is 0 Å². The molecule has 1 saturated heterocycles. The van der Waals surface area contributed by atoms with Crippen LogP contribution in [0, 0.1) is 0 Å². The fourth-order valence-corrected chi connectivity index (χ4v) is 2.06. The standard InChI is InChI=1S/C12H15ClF2N2/c13-11-3-1-10(2-4-11)12(14,15)9-17-7-5-16-6-8-17/h1-4,16H,5-9H2. The van der Waals surface area contributed by atoms with E-state index in [-0.39, 0.29) is 12.1 Å². The lowest BCUT2D eigenvalue weighted by Gasteiger charge is -2.30. The van der Waals surface area contributed by atoms with E-state index in [9.17, 15) is 8.78 Å². The van der Waals surface area contributed by atoms with E-state index in [1.807, 2.05) is 0 Å². The first-order valence-corrected chi connectivity index (χ1v) is 6.03. The van der Waals surface area contributed by atoms with Crippen molar-refractivity contribution >= 4 is 11.6 Å². The molecule has 2 nitrogen and oxygen atoms in total. The molecule has 94 valence electrons. The summed E-state index contributed by atoms with van der Waals surface area (Å²) in [5.74, 6) is -2.82. The van der Waals surface area contributed by atoms with Crippen molar-refractivity contribution in [1.29, 1.82) is 0 Å². The van der Waals surface area contributed by atoms with Crippen LogP contribution in [0.3, 0.4) is 0 Å². The summed E-state index contributed by atoms with van der Waals surface area (Å²) in [6.45, 7) is 2.66. The maximum Gasteiger partial charge on any atom is 0.285 e. The quantitative estimate of drug-likeness (QED) is 0.898. The molecule has 1 fully saturated rings. The molecule has 1 aliphatic rings. The highest BCUT2D eigenvalue weighted by Crippen LogP contribution is 2.29. The van der Waals surface area contributed by atoms with Crippen molar-refractivity contribution in [2.24, 2.45) is 0 Å². The van der Waals surface area contributed by atoms with Gasteiger partial charge in [-0.25, -0.2) is 0 Å². The summed E-state index contributed by atoms with van der Waals surface area (Å²) in [5, 5.41) is 3.62. The number of piperazine rings is 1. The average molecular weight is 261 g/mol. The van der Waals surface area contributed by atoms with E-state index in [4.69, 9.17) is 11.6 Å². The van der Waals surface area contributed by atoms with E-state index in [0.717, 1.165) is 13.1 Å². The van der Waals surface area contributed by atoms with Crippen LogP contribution in [-0.4, -0.2) is 37.6 Å². The molecular weight excluding hydrogens is 246 g/mol. The van der Waals surface area contributed by atoms with Gasteiger partial charge in [0.05, 0.1) is 6.54 Å². The second-order valence-corrected chi connectivity index (χ2v) is 4.67. The lowest BCUT2D eigenvalue weighted by molar-refractivity contribution is -0.0400. The van der Waals surface area contributed by atoms with Crippen molar-refractivity contribution in [3.05, 3.63) is 34.9 Å². The van der Waals surface area contributed by atoms with Crippen molar-refractivity contribution in [3.8, 4) is 0 Å². The van der Waals surface area contributed by atoms with Gasteiger partial charge in [-0.2, -0.15) is 8.78 Å². The Labute approximate surface area is 105 Å². The first kappa shape index (κ1) is 12.7. The normalized spacial score (nSPS) is 18.3. The maximum atomic E-state index is 14.0. The van der Waals surface area contributed by atoms with Gasteiger partial charge >= 0.3 is 0 Å². The van der Waals surface area contributed by atoms with Gasteiger partial charge in [-0.15, -0.1) is 0 Å². The molecule has 0 amide bonds. The predicted molar refractivity (Wildman–Crippen MR) is 64.7 cm³/mol. The molecule has 0 saturated carbocycles. The zero-order valence-corrected chi connectivity index (χ0v) is 10.2. The van der Waals surface area contributed by atoms with Crippen molar-refractivity contribution in [3.63, 3.8) is 0 Å².